The molecule has 0 aliphatic heterocycles. The average molecular weight is 208 g/mol. The van der Waals surface area contributed by atoms with Crippen LogP contribution in [0.2, 0.25) is 0 Å². The van der Waals surface area contributed by atoms with Crippen molar-refractivity contribution in [2.45, 2.75) is 13.3 Å². The predicted molar refractivity (Wildman–Crippen MR) is 61.1 cm³/mol. The Morgan fingerprint density at radius 3 is 2.13 bits per heavy atom. The summed E-state index contributed by atoms with van der Waals surface area (Å²) >= 11 is 0. The molecular formula is C11H16N2O2. The van der Waals surface area contributed by atoms with Gasteiger partial charge in [0.2, 0.25) is 0 Å². The fraction of sp³-hybridized carbons (Fsp3) is 0.364. The van der Waals surface area contributed by atoms with Crippen LogP contribution >= 0.6 is 0 Å². The van der Waals surface area contributed by atoms with E-state index in [1.54, 1.807) is 20.3 Å². The number of hydrogen-bond acceptors (Lipinski definition) is 3. The Morgan fingerprint density at radius 1 is 1.20 bits per heavy atom. The first-order valence-electron chi connectivity index (χ1n) is 4.75. The van der Waals surface area contributed by atoms with Crippen molar-refractivity contribution in [3.05, 3.63) is 18.2 Å². The minimum atomic E-state index is 0.588. The lowest BCUT2D eigenvalue weighted by molar-refractivity contribution is 0.394. The fourth-order valence-electron chi connectivity index (χ4n) is 1.10. The summed E-state index contributed by atoms with van der Waals surface area (Å²) in [5, 5.41) is 0. The van der Waals surface area contributed by atoms with Gasteiger partial charge in [0.25, 0.3) is 0 Å². The number of nitrogens with zero attached hydrogens (tertiary/aromatic N) is 1. The Kier molecular flexibility index (Phi) is 3.97. The van der Waals surface area contributed by atoms with E-state index in [0.29, 0.717) is 17.3 Å². The summed E-state index contributed by atoms with van der Waals surface area (Å²) in [6.45, 7) is 1.95. The van der Waals surface area contributed by atoms with Gasteiger partial charge in [-0.25, -0.2) is 4.99 Å². The van der Waals surface area contributed by atoms with Crippen molar-refractivity contribution in [2.75, 3.05) is 14.2 Å². The summed E-state index contributed by atoms with van der Waals surface area (Å²) in [4.78, 5) is 4.23. The maximum absolute atomic E-state index is 5.66. The van der Waals surface area contributed by atoms with Gasteiger partial charge in [-0.05, 0) is 0 Å². The SMILES string of the molecule is CCC(N)=Nc1cc(OC)cc(OC)c1. The highest BCUT2D eigenvalue weighted by Crippen LogP contribution is 2.27. The number of ether oxygens (including phenoxy) is 2. The monoisotopic (exact) mass is 208 g/mol. The lowest BCUT2D eigenvalue weighted by Crippen LogP contribution is -2.08. The second-order valence-electron chi connectivity index (χ2n) is 3.03. The van der Waals surface area contributed by atoms with Gasteiger partial charge in [0, 0.05) is 24.6 Å². The highest BCUT2D eigenvalue weighted by molar-refractivity contribution is 5.83. The van der Waals surface area contributed by atoms with Crippen LogP contribution in [0.1, 0.15) is 13.3 Å². The van der Waals surface area contributed by atoms with Crippen molar-refractivity contribution < 1.29 is 9.47 Å². The van der Waals surface area contributed by atoms with E-state index in [-0.39, 0.29) is 0 Å². The zero-order chi connectivity index (χ0) is 11.3. The van der Waals surface area contributed by atoms with Crippen LogP contribution in [0.15, 0.2) is 23.2 Å². The van der Waals surface area contributed by atoms with Crippen LogP contribution in [0.4, 0.5) is 5.69 Å². The van der Waals surface area contributed by atoms with Gasteiger partial charge in [0.05, 0.1) is 25.7 Å². The molecule has 0 aromatic heterocycles. The molecule has 0 atom stereocenters. The topological polar surface area (TPSA) is 56.8 Å². The quantitative estimate of drug-likeness (QED) is 0.609. The molecule has 0 radical (unpaired) electrons. The third-order valence-electron chi connectivity index (χ3n) is 1.97. The number of nitrogens with two attached hydrogens (primary N) is 1. The molecule has 0 aliphatic carbocycles. The van der Waals surface area contributed by atoms with Crippen molar-refractivity contribution in [1.82, 2.24) is 0 Å². The fourth-order valence-corrected chi connectivity index (χ4v) is 1.10. The molecule has 1 aromatic carbocycles. The lowest BCUT2D eigenvalue weighted by atomic mass is 10.3. The maximum Gasteiger partial charge on any atom is 0.124 e. The van der Waals surface area contributed by atoms with Crippen LogP contribution in [-0.2, 0) is 0 Å². The lowest BCUT2D eigenvalue weighted by Gasteiger charge is -2.06. The van der Waals surface area contributed by atoms with E-state index in [9.17, 15) is 0 Å². The van der Waals surface area contributed by atoms with Gasteiger partial charge in [-0.3, -0.25) is 0 Å². The second kappa shape index (κ2) is 5.24. The Morgan fingerprint density at radius 2 is 1.73 bits per heavy atom. The number of aliphatic imine (C=N–C) groups is 1. The van der Waals surface area contributed by atoms with Crippen molar-refractivity contribution in [2.24, 2.45) is 10.7 Å². The van der Waals surface area contributed by atoms with Crippen LogP contribution in [0.25, 0.3) is 0 Å². The third kappa shape index (κ3) is 3.16. The molecule has 4 nitrogen and oxygen atoms in total. The normalized spacial score (nSPS) is 11.3. The largest absolute Gasteiger partial charge is 0.497 e. The number of hydrogen-bond donors (Lipinski definition) is 1. The molecule has 0 saturated carbocycles. The highest BCUT2D eigenvalue weighted by Gasteiger charge is 2.00. The molecule has 0 spiro atoms. The van der Waals surface area contributed by atoms with Crippen LogP contribution in [0, 0.1) is 0 Å². The molecule has 0 heterocycles. The van der Waals surface area contributed by atoms with Crippen LogP contribution in [-0.4, -0.2) is 20.1 Å². The van der Waals surface area contributed by atoms with E-state index in [1.807, 2.05) is 19.1 Å². The van der Waals surface area contributed by atoms with Crippen LogP contribution in [0.5, 0.6) is 11.5 Å². The van der Waals surface area contributed by atoms with Crippen LogP contribution < -0.4 is 15.2 Å². The van der Waals surface area contributed by atoms with Crippen molar-refractivity contribution in [3.8, 4) is 11.5 Å². The molecule has 82 valence electrons. The molecule has 4 heteroatoms. The van der Waals surface area contributed by atoms with Gasteiger partial charge in [0.1, 0.15) is 11.5 Å². The van der Waals surface area contributed by atoms with E-state index in [4.69, 9.17) is 15.2 Å². The Hall–Kier alpha value is -1.71. The van der Waals surface area contributed by atoms with Gasteiger partial charge in [-0.2, -0.15) is 0 Å². The Bertz CT molecular complexity index is 339. The molecule has 0 saturated heterocycles. The zero-order valence-electron chi connectivity index (χ0n) is 9.28. The third-order valence-corrected chi connectivity index (χ3v) is 1.97. The van der Waals surface area contributed by atoms with E-state index < -0.39 is 0 Å². The highest BCUT2D eigenvalue weighted by atomic mass is 16.5. The molecule has 0 aliphatic rings. The minimum absolute atomic E-state index is 0.588. The Balaban J connectivity index is 3.07. The van der Waals surface area contributed by atoms with E-state index in [2.05, 4.69) is 4.99 Å². The number of methoxy groups -OCH3 is 2. The van der Waals surface area contributed by atoms with Crippen LogP contribution in [0.3, 0.4) is 0 Å². The Labute approximate surface area is 89.7 Å². The average Bonchev–Trinajstić information content (AvgIpc) is 2.28. The first kappa shape index (κ1) is 11.4. The first-order chi connectivity index (χ1) is 7.19. The summed E-state index contributed by atoms with van der Waals surface area (Å²) < 4.78 is 10.2. The molecule has 0 unspecified atom stereocenters. The summed E-state index contributed by atoms with van der Waals surface area (Å²) in [6.07, 6.45) is 0.722. The molecule has 0 fully saturated rings. The minimum Gasteiger partial charge on any atom is -0.497 e. The van der Waals surface area contributed by atoms with Crippen molar-refractivity contribution in [1.29, 1.82) is 0 Å². The molecule has 0 bridgehead atoms. The van der Waals surface area contributed by atoms with Gasteiger partial charge < -0.3 is 15.2 Å². The molecule has 1 rings (SSSR count). The summed E-state index contributed by atoms with van der Waals surface area (Å²) in [7, 11) is 3.21. The van der Waals surface area contributed by atoms with Gasteiger partial charge >= 0.3 is 0 Å². The number of amidine groups is 1. The standard InChI is InChI=1S/C11H16N2O2/c1-4-11(12)13-8-5-9(14-2)7-10(6-8)15-3/h5-7H,4H2,1-3H3,(H2,12,13). The van der Waals surface area contributed by atoms with Gasteiger partial charge in [-0.15, -0.1) is 0 Å². The van der Waals surface area contributed by atoms with Crippen molar-refractivity contribution in [3.63, 3.8) is 0 Å². The van der Waals surface area contributed by atoms with E-state index >= 15 is 0 Å². The second-order valence-corrected chi connectivity index (χ2v) is 3.03. The maximum atomic E-state index is 5.66. The zero-order valence-corrected chi connectivity index (χ0v) is 9.28. The first-order valence-corrected chi connectivity index (χ1v) is 4.75. The molecule has 15 heavy (non-hydrogen) atoms. The van der Waals surface area contributed by atoms with E-state index in [1.165, 1.54) is 0 Å². The summed E-state index contributed by atoms with van der Waals surface area (Å²) in [5.74, 6) is 2.00. The number of benzene rings is 1. The van der Waals surface area contributed by atoms with Gasteiger partial charge in [0.15, 0.2) is 0 Å². The molecule has 2 N–H and O–H groups in total. The van der Waals surface area contributed by atoms with Crippen molar-refractivity contribution >= 4 is 11.5 Å². The summed E-state index contributed by atoms with van der Waals surface area (Å²) in [5.41, 5.74) is 6.40. The number of rotatable bonds is 4. The molecular weight excluding hydrogens is 192 g/mol. The van der Waals surface area contributed by atoms with E-state index in [0.717, 1.165) is 12.1 Å². The summed E-state index contributed by atoms with van der Waals surface area (Å²) in [6, 6.07) is 5.41. The molecule has 1 aromatic rings. The molecule has 0 amide bonds. The smallest absolute Gasteiger partial charge is 0.124 e. The predicted octanol–water partition coefficient (Wildman–Crippen LogP) is 2.10. The van der Waals surface area contributed by atoms with Gasteiger partial charge in [-0.1, -0.05) is 6.92 Å².